The second kappa shape index (κ2) is 13.9. The molecule has 0 radical (unpaired) electrons. The third-order valence-corrected chi connectivity index (χ3v) is 11.0. The number of hydrogen-bond donors (Lipinski definition) is 0. The summed E-state index contributed by atoms with van der Waals surface area (Å²) in [4.78, 5) is 6.20. The summed E-state index contributed by atoms with van der Waals surface area (Å²) in [6.45, 7) is 0.403. The number of nitrogens with zero attached hydrogens (tertiary/aromatic N) is 4. The lowest BCUT2D eigenvalue weighted by molar-refractivity contribution is -0.347. The second-order valence-electron chi connectivity index (χ2n) is 11.3. The van der Waals surface area contributed by atoms with E-state index in [2.05, 4.69) is 19.0 Å². The van der Waals surface area contributed by atoms with Gasteiger partial charge in [0.15, 0.2) is 0 Å². The van der Waals surface area contributed by atoms with E-state index in [1.165, 1.54) is 44.8 Å². The molecule has 3 heterocycles. The maximum Gasteiger partial charge on any atom is 0.522 e. The van der Waals surface area contributed by atoms with Crippen LogP contribution >= 0.6 is 11.5 Å². The molecule has 1 fully saturated rings. The number of alkyl halides is 3. The van der Waals surface area contributed by atoms with Gasteiger partial charge in [0.25, 0.3) is 10.0 Å². The van der Waals surface area contributed by atoms with E-state index in [9.17, 15) is 26.0 Å². The molecule has 0 spiro atoms. The van der Waals surface area contributed by atoms with Crippen LogP contribution in [0.15, 0.2) is 71.9 Å². The monoisotopic (exact) mass is 708 g/mol. The van der Waals surface area contributed by atoms with E-state index in [1.807, 2.05) is 0 Å². The highest BCUT2D eigenvalue weighted by molar-refractivity contribution is 7.93. The van der Waals surface area contributed by atoms with Gasteiger partial charge in [0, 0.05) is 59.8 Å². The van der Waals surface area contributed by atoms with Crippen molar-refractivity contribution in [3.8, 4) is 17.2 Å². The van der Waals surface area contributed by atoms with E-state index in [-0.39, 0.29) is 48.6 Å². The molecule has 2 aliphatic rings. The Balaban J connectivity index is 1.32. The number of benzene rings is 3. The average Bonchev–Trinajstić information content (AvgIpc) is 3.61. The summed E-state index contributed by atoms with van der Waals surface area (Å²) in [5, 5.41) is 0.149. The second-order valence-corrected chi connectivity index (χ2v) is 13.9. The number of rotatable bonds is 10. The quantitative estimate of drug-likeness (QED) is 0.168. The van der Waals surface area contributed by atoms with Crippen LogP contribution in [0.2, 0.25) is 0 Å². The number of ether oxygens (including phenoxy) is 4. The van der Waals surface area contributed by atoms with E-state index in [1.54, 1.807) is 36.4 Å². The van der Waals surface area contributed by atoms with E-state index < -0.39 is 34.3 Å². The Labute approximate surface area is 279 Å². The first-order chi connectivity index (χ1) is 23.0. The van der Waals surface area contributed by atoms with E-state index in [0.717, 1.165) is 15.8 Å². The zero-order valence-corrected chi connectivity index (χ0v) is 27.5. The van der Waals surface area contributed by atoms with Crippen molar-refractivity contribution in [2.24, 2.45) is 0 Å². The Morgan fingerprint density at radius 2 is 1.81 bits per heavy atom. The standard InChI is InChI=1S/C32H32F4N4O6S2/c1-43-23-8-5-21(29(16-23)44-2)18-40(31-37-19-38-47-31)48(41,42)25-9-10-26-27(12-14-45-30(26)17-25)39-13-11-24(46-32(34,35)36)15-28(39)20-3-6-22(33)7-4-20/h3-10,16-17,19,24,27-28H,11-15,18H2,1-2H3/t24-,27-,28+/m1/s1. The molecule has 256 valence electrons. The lowest BCUT2D eigenvalue weighted by Gasteiger charge is -2.45. The maximum atomic E-state index is 14.2. The summed E-state index contributed by atoms with van der Waals surface area (Å²) in [7, 11) is -1.22. The summed E-state index contributed by atoms with van der Waals surface area (Å²) in [6.07, 6.45) is -3.91. The summed E-state index contributed by atoms with van der Waals surface area (Å²) in [5.74, 6) is 0.859. The summed E-state index contributed by atoms with van der Waals surface area (Å²) >= 11 is 0.921. The highest BCUT2D eigenvalue weighted by Gasteiger charge is 2.42. The van der Waals surface area contributed by atoms with Crippen LogP contribution in [0.4, 0.5) is 22.7 Å². The number of hydrogen-bond acceptors (Lipinski definition) is 10. The van der Waals surface area contributed by atoms with Crippen molar-refractivity contribution in [1.82, 2.24) is 14.3 Å². The zero-order valence-electron chi connectivity index (χ0n) is 25.9. The predicted octanol–water partition coefficient (Wildman–Crippen LogP) is 6.66. The van der Waals surface area contributed by atoms with E-state index in [0.29, 0.717) is 40.4 Å². The molecule has 0 amide bonds. The molecule has 0 unspecified atom stereocenters. The molecule has 6 rings (SSSR count). The fraction of sp³-hybridized carbons (Fsp3) is 0.375. The van der Waals surface area contributed by atoms with Crippen LogP contribution in [0.3, 0.4) is 0 Å². The van der Waals surface area contributed by atoms with E-state index >= 15 is 0 Å². The van der Waals surface area contributed by atoms with Crippen molar-refractivity contribution in [3.05, 3.63) is 89.5 Å². The van der Waals surface area contributed by atoms with Gasteiger partial charge < -0.3 is 14.2 Å². The van der Waals surface area contributed by atoms with Crippen LogP contribution in [0.5, 0.6) is 17.2 Å². The number of methoxy groups -OCH3 is 2. The number of aromatic nitrogens is 2. The third kappa shape index (κ3) is 7.21. The summed E-state index contributed by atoms with van der Waals surface area (Å²) in [5.41, 5.74) is 1.92. The molecule has 4 aromatic rings. The zero-order chi connectivity index (χ0) is 34.1. The molecule has 16 heteroatoms. The smallest absolute Gasteiger partial charge is 0.497 e. The van der Waals surface area contributed by atoms with Crippen molar-refractivity contribution in [3.63, 3.8) is 0 Å². The van der Waals surface area contributed by atoms with Crippen molar-refractivity contribution in [2.75, 3.05) is 31.7 Å². The molecule has 1 saturated heterocycles. The molecular formula is C32H32F4N4O6S2. The van der Waals surface area contributed by atoms with Crippen LogP contribution in [0.1, 0.15) is 48.0 Å². The van der Waals surface area contributed by atoms with Crippen molar-refractivity contribution >= 4 is 26.7 Å². The van der Waals surface area contributed by atoms with Crippen LogP contribution in [0.25, 0.3) is 0 Å². The van der Waals surface area contributed by atoms with Gasteiger partial charge in [-0.1, -0.05) is 18.2 Å². The fourth-order valence-electron chi connectivity index (χ4n) is 6.29. The lowest BCUT2D eigenvalue weighted by Crippen LogP contribution is -2.44. The topological polar surface area (TPSA) is 103 Å². The van der Waals surface area contributed by atoms with E-state index in [4.69, 9.17) is 14.2 Å². The van der Waals surface area contributed by atoms with Gasteiger partial charge in [-0.3, -0.25) is 9.64 Å². The predicted molar refractivity (Wildman–Crippen MR) is 168 cm³/mol. The van der Waals surface area contributed by atoms with Gasteiger partial charge in [-0.2, -0.15) is 4.37 Å². The molecule has 0 saturated carbocycles. The summed E-state index contributed by atoms with van der Waals surface area (Å²) in [6, 6.07) is 14.6. The van der Waals surface area contributed by atoms with Crippen LogP contribution in [-0.2, 0) is 21.3 Å². The molecule has 0 bridgehead atoms. The molecule has 10 nitrogen and oxygen atoms in total. The molecule has 3 atom stereocenters. The molecule has 48 heavy (non-hydrogen) atoms. The Morgan fingerprint density at radius 1 is 1.02 bits per heavy atom. The molecule has 0 aliphatic carbocycles. The summed E-state index contributed by atoms with van der Waals surface area (Å²) < 4.78 is 108. The van der Waals surface area contributed by atoms with Crippen LogP contribution < -0.4 is 18.5 Å². The number of sulfonamides is 1. The minimum atomic E-state index is -4.78. The third-order valence-electron chi connectivity index (χ3n) is 8.50. The first-order valence-electron chi connectivity index (χ1n) is 15.0. The van der Waals surface area contributed by atoms with Gasteiger partial charge in [-0.15, -0.1) is 13.2 Å². The first kappa shape index (κ1) is 33.9. The Morgan fingerprint density at radius 3 is 2.50 bits per heavy atom. The SMILES string of the molecule is COc1ccc(CN(c2ncns2)S(=O)(=O)c2ccc3c(c2)OCC[C@H]3N2CC[C@@H](OC(F)(F)F)C[C@H]2c2ccc(F)cc2)c(OC)c1. The first-order valence-corrected chi connectivity index (χ1v) is 17.2. The van der Waals surface area contributed by atoms with Crippen LogP contribution in [-0.4, -0.2) is 62.5 Å². The minimum absolute atomic E-state index is 0.0376. The molecule has 0 N–H and O–H groups in total. The van der Waals surface area contributed by atoms with Gasteiger partial charge in [0.1, 0.15) is 29.4 Å². The highest BCUT2D eigenvalue weighted by Crippen LogP contribution is 2.45. The van der Waals surface area contributed by atoms with Crippen LogP contribution in [0, 0.1) is 5.82 Å². The molecule has 1 aromatic heterocycles. The van der Waals surface area contributed by atoms with Crippen molar-refractivity contribution in [1.29, 1.82) is 0 Å². The Kier molecular flexibility index (Phi) is 9.79. The van der Waals surface area contributed by atoms with Crippen molar-refractivity contribution in [2.45, 2.75) is 55.3 Å². The largest absolute Gasteiger partial charge is 0.522 e. The molecule has 2 aliphatic heterocycles. The number of halogens is 4. The fourth-order valence-corrected chi connectivity index (χ4v) is 8.43. The lowest BCUT2D eigenvalue weighted by atomic mass is 9.88. The van der Waals surface area contributed by atoms with Gasteiger partial charge in [0.2, 0.25) is 5.13 Å². The Hall–Kier alpha value is -3.99. The molecular weight excluding hydrogens is 676 g/mol. The molecule has 3 aromatic carbocycles. The highest BCUT2D eigenvalue weighted by atomic mass is 32.2. The normalized spacial score (nSPS) is 20.1. The average molecular weight is 709 g/mol. The number of piperidine rings is 1. The van der Waals surface area contributed by atoms with Gasteiger partial charge in [0.05, 0.1) is 38.4 Å². The number of likely N-dealkylation sites (tertiary alicyclic amines) is 1. The van der Waals surface area contributed by atoms with Gasteiger partial charge in [-0.05, 0) is 48.7 Å². The number of anilines is 1. The van der Waals surface area contributed by atoms with Gasteiger partial charge in [-0.25, -0.2) is 22.1 Å². The van der Waals surface area contributed by atoms with Crippen molar-refractivity contribution < 1.29 is 44.9 Å². The maximum absolute atomic E-state index is 14.2. The number of fused-ring (bicyclic) bond motifs is 1. The minimum Gasteiger partial charge on any atom is -0.497 e. The van der Waals surface area contributed by atoms with Gasteiger partial charge >= 0.3 is 6.36 Å². The Bertz CT molecular complexity index is 1830.